The third-order valence-corrected chi connectivity index (χ3v) is 6.94. The Balaban J connectivity index is 2.40. The number of hydrogen-bond acceptors (Lipinski definition) is 4. The summed E-state index contributed by atoms with van der Waals surface area (Å²) in [5.41, 5.74) is 0.710. The van der Waals surface area contributed by atoms with Gasteiger partial charge in [-0.1, -0.05) is 20.3 Å². The summed E-state index contributed by atoms with van der Waals surface area (Å²) < 4.78 is 27.2. The van der Waals surface area contributed by atoms with Gasteiger partial charge in [0.25, 0.3) is 0 Å². The van der Waals surface area contributed by atoms with Crippen molar-refractivity contribution >= 4 is 33.4 Å². The molecule has 1 aliphatic heterocycles. The fourth-order valence-electron chi connectivity index (χ4n) is 2.62. The van der Waals surface area contributed by atoms with Crippen molar-refractivity contribution in [2.45, 2.75) is 43.4 Å². The molecule has 1 amide bonds. The Morgan fingerprint density at radius 3 is 2.70 bits per heavy atom. The van der Waals surface area contributed by atoms with Gasteiger partial charge in [-0.15, -0.1) is 11.8 Å². The number of carbonyl (C=O) groups is 1. The van der Waals surface area contributed by atoms with Gasteiger partial charge in [0.15, 0.2) is 0 Å². The number of anilines is 1. The van der Waals surface area contributed by atoms with E-state index in [-0.39, 0.29) is 10.8 Å². The number of amides is 1. The van der Waals surface area contributed by atoms with Crippen molar-refractivity contribution in [3.63, 3.8) is 0 Å². The van der Waals surface area contributed by atoms with E-state index in [4.69, 9.17) is 0 Å². The Morgan fingerprint density at radius 1 is 1.35 bits per heavy atom. The lowest BCUT2D eigenvalue weighted by Gasteiger charge is -2.29. The average Bonchev–Trinajstić information content (AvgIpc) is 2.54. The Labute approximate surface area is 143 Å². The summed E-state index contributed by atoms with van der Waals surface area (Å²) in [5.74, 6) is 0.774. The van der Waals surface area contributed by atoms with Crippen LogP contribution in [0.2, 0.25) is 0 Å². The second kappa shape index (κ2) is 7.68. The molecule has 0 unspecified atom stereocenters. The summed E-state index contributed by atoms with van der Waals surface area (Å²) in [6, 6.07) is 5.11. The van der Waals surface area contributed by atoms with E-state index >= 15 is 0 Å². The Hall–Kier alpha value is -1.05. The average molecular weight is 357 g/mol. The van der Waals surface area contributed by atoms with Crippen LogP contribution in [0.25, 0.3) is 0 Å². The lowest BCUT2D eigenvalue weighted by molar-refractivity contribution is -0.116. The minimum Gasteiger partial charge on any atom is -0.311 e. The first kappa shape index (κ1) is 18.3. The summed E-state index contributed by atoms with van der Waals surface area (Å²) in [4.78, 5) is 14.7. The summed E-state index contributed by atoms with van der Waals surface area (Å²) in [7, 11) is -3.52. The fourth-order valence-corrected chi connectivity index (χ4v) is 5.10. The summed E-state index contributed by atoms with van der Waals surface area (Å²) in [5, 5.41) is 0. The first-order valence-corrected chi connectivity index (χ1v) is 10.4. The quantitative estimate of drug-likeness (QED) is 0.786. The molecule has 0 atom stereocenters. The Morgan fingerprint density at radius 2 is 2.09 bits per heavy atom. The second-order valence-corrected chi connectivity index (χ2v) is 8.57. The van der Waals surface area contributed by atoms with Crippen molar-refractivity contribution in [1.82, 2.24) is 4.31 Å². The molecule has 0 fully saturated rings. The highest BCUT2D eigenvalue weighted by molar-refractivity contribution is 7.99. The summed E-state index contributed by atoms with van der Waals surface area (Å²) in [6.45, 7) is 7.00. The van der Waals surface area contributed by atoms with E-state index in [0.29, 0.717) is 25.3 Å². The third-order valence-electron chi connectivity index (χ3n) is 3.93. The number of benzene rings is 1. The minimum absolute atomic E-state index is 0.0561. The van der Waals surface area contributed by atoms with Crippen LogP contribution in [-0.4, -0.2) is 44.0 Å². The van der Waals surface area contributed by atoms with Crippen LogP contribution >= 0.6 is 11.8 Å². The van der Waals surface area contributed by atoms with Gasteiger partial charge < -0.3 is 4.90 Å². The van der Waals surface area contributed by atoms with Gasteiger partial charge in [0.2, 0.25) is 15.9 Å². The van der Waals surface area contributed by atoms with Gasteiger partial charge in [0, 0.05) is 37.2 Å². The van der Waals surface area contributed by atoms with Crippen LogP contribution in [0.15, 0.2) is 28.0 Å². The highest BCUT2D eigenvalue weighted by Crippen LogP contribution is 2.36. The van der Waals surface area contributed by atoms with Crippen LogP contribution in [0, 0.1) is 0 Å². The lowest BCUT2D eigenvalue weighted by atomic mass is 10.2. The van der Waals surface area contributed by atoms with E-state index in [9.17, 15) is 13.2 Å². The Bertz CT molecular complexity index is 674. The molecule has 1 aromatic carbocycles. The van der Waals surface area contributed by atoms with Gasteiger partial charge in [-0.05, 0) is 24.6 Å². The van der Waals surface area contributed by atoms with Gasteiger partial charge >= 0.3 is 0 Å². The molecule has 2 rings (SSSR count). The molecule has 7 heteroatoms. The van der Waals surface area contributed by atoms with E-state index in [1.807, 2.05) is 19.9 Å². The number of rotatable bonds is 6. The molecular formula is C16H24N2O3S2. The van der Waals surface area contributed by atoms with Gasteiger partial charge in [-0.25, -0.2) is 8.42 Å². The van der Waals surface area contributed by atoms with Crippen molar-refractivity contribution < 1.29 is 13.2 Å². The van der Waals surface area contributed by atoms with Crippen molar-refractivity contribution in [2.24, 2.45) is 0 Å². The molecule has 0 aliphatic carbocycles. The van der Waals surface area contributed by atoms with E-state index in [1.165, 1.54) is 11.2 Å². The van der Waals surface area contributed by atoms with Crippen molar-refractivity contribution in [3.8, 4) is 0 Å². The van der Waals surface area contributed by atoms with Crippen LogP contribution in [0.1, 0.15) is 33.6 Å². The van der Waals surface area contributed by atoms with E-state index in [2.05, 4.69) is 0 Å². The predicted octanol–water partition coefficient (Wildman–Crippen LogP) is 2.96. The lowest BCUT2D eigenvalue weighted by Crippen LogP contribution is -2.34. The standard InChI is InChI=1S/C16H24N2O3S2/c1-4-6-9-17(5-2)23(20,21)14-7-8-16-15(12-14)18(13(3)19)10-11-22-16/h7-8,12H,4-6,9-11H2,1-3H3. The zero-order valence-electron chi connectivity index (χ0n) is 13.9. The molecule has 128 valence electrons. The molecule has 0 spiro atoms. The van der Waals surface area contributed by atoms with E-state index in [0.717, 1.165) is 23.5 Å². The molecule has 0 N–H and O–H groups in total. The number of sulfonamides is 1. The summed E-state index contributed by atoms with van der Waals surface area (Å²) >= 11 is 1.65. The Kier molecular flexibility index (Phi) is 6.11. The number of carbonyl (C=O) groups excluding carboxylic acids is 1. The number of thioether (sulfide) groups is 1. The molecular weight excluding hydrogens is 332 g/mol. The highest BCUT2D eigenvalue weighted by Gasteiger charge is 2.27. The maximum Gasteiger partial charge on any atom is 0.243 e. The predicted molar refractivity (Wildman–Crippen MR) is 94.5 cm³/mol. The van der Waals surface area contributed by atoms with Crippen LogP contribution < -0.4 is 4.90 Å². The molecule has 0 radical (unpaired) electrons. The van der Waals surface area contributed by atoms with E-state index < -0.39 is 10.0 Å². The molecule has 0 saturated heterocycles. The molecule has 1 aromatic rings. The number of unbranched alkanes of at least 4 members (excludes halogenated alkanes) is 1. The molecule has 23 heavy (non-hydrogen) atoms. The van der Waals surface area contributed by atoms with Crippen molar-refractivity contribution in [3.05, 3.63) is 18.2 Å². The first-order valence-electron chi connectivity index (χ1n) is 7.97. The first-order chi connectivity index (χ1) is 10.9. The molecule has 0 bridgehead atoms. The zero-order valence-corrected chi connectivity index (χ0v) is 15.5. The number of fused-ring (bicyclic) bond motifs is 1. The molecule has 0 saturated carbocycles. The van der Waals surface area contributed by atoms with Gasteiger partial charge in [-0.3, -0.25) is 4.79 Å². The van der Waals surface area contributed by atoms with Crippen molar-refractivity contribution in [1.29, 1.82) is 0 Å². The van der Waals surface area contributed by atoms with Crippen LogP contribution in [0.3, 0.4) is 0 Å². The SMILES string of the molecule is CCCCN(CC)S(=O)(=O)c1ccc2c(c1)N(C(C)=O)CCS2. The fraction of sp³-hybridized carbons (Fsp3) is 0.562. The zero-order chi connectivity index (χ0) is 17.0. The normalized spacial score (nSPS) is 14.9. The van der Waals surface area contributed by atoms with E-state index in [1.54, 1.807) is 28.8 Å². The largest absolute Gasteiger partial charge is 0.311 e. The van der Waals surface area contributed by atoms with Crippen LogP contribution in [0.4, 0.5) is 5.69 Å². The smallest absolute Gasteiger partial charge is 0.243 e. The second-order valence-electron chi connectivity index (χ2n) is 5.50. The molecule has 5 nitrogen and oxygen atoms in total. The highest BCUT2D eigenvalue weighted by atomic mass is 32.2. The maximum atomic E-state index is 12.8. The maximum absolute atomic E-state index is 12.8. The van der Waals surface area contributed by atoms with Crippen molar-refractivity contribution in [2.75, 3.05) is 30.3 Å². The molecule has 1 heterocycles. The van der Waals surface area contributed by atoms with Gasteiger partial charge in [-0.2, -0.15) is 4.31 Å². The van der Waals surface area contributed by atoms with Gasteiger partial charge in [0.1, 0.15) is 0 Å². The van der Waals surface area contributed by atoms with Gasteiger partial charge in [0.05, 0.1) is 10.6 Å². The summed E-state index contributed by atoms with van der Waals surface area (Å²) in [6.07, 6.45) is 1.79. The van der Waals surface area contributed by atoms with Crippen LogP contribution in [-0.2, 0) is 14.8 Å². The molecule has 0 aromatic heterocycles. The monoisotopic (exact) mass is 356 g/mol. The number of nitrogens with zero attached hydrogens (tertiary/aromatic N) is 2. The topological polar surface area (TPSA) is 57.7 Å². The third kappa shape index (κ3) is 3.89. The van der Waals surface area contributed by atoms with Crippen LogP contribution in [0.5, 0.6) is 0 Å². The number of hydrogen-bond donors (Lipinski definition) is 0. The molecule has 1 aliphatic rings. The minimum atomic E-state index is -3.52.